The fourth-order valence-corrected chi connectivity index (χ4v) is 2.11. The molecule has 1 aliphatic rings. The summed E-state index contributed by atoms with van der Waals surface area (Å²) in [5.74, 6) is -0.756. The van der Waals surface area contributed by atoms with Crippen molar-refractivity contribution in [1.82, 2.24) is 5.32 Å². The number of hydrogen-bond acceptors (Lipinski definition) is 2. The van der Waals surface area contributed by atoms with Crippen LogP contribution in [0.15, 0.2) is 30.3 Å². The molecular weight excluding hydrogens is 214 g/mol. The van der Waals surface area contributed by atoms with E-state index in [1.807, 2.05) is 37.3 Å². The summed E-state index contributed by atoms with van der Waals surface area (Å²) in [6.07, 6.45) is 1.97. The van der Waals surface area contributed by atoms with Crippen LogP contribution in [0.1, 0.15) is 32.3 Å². The maximum Gasteiger partial charge on any atom is 0.324 e. The minimum absolute atomic E-state index is 0.104. The SMILES string of the molecule is CC1(C(C)(NCc2ccccc2)C(=O)O)CC1. The van der Waals surface area contributed by atoms with Crippen molar-refractivity contribution >= 4 is 5.97 Å². The lowest BCUT2D eigenvalue weighted by atomic mass is 9.83. The standard InChI is InChI=1S/C14H19NO2/c1-13(8-9-13)14(2,12(16)17)15-10-11-6-4-3-5-7-11/h3-7,15H,8-10H2,1-2H3,(H,16,17). The zero-order valence-electron chi connectivity index (χ0n) is 10.4. The molecule has 0 amide bonds. The van der Waals surface area contributed by atoms with Crippen LogP contribution < -0.4 is 5.32 Å². The van der Waals surface area contributed by atoms with Gasteiger partial charge in [0.25, 0.3) is 0 Å². The van der Waals surface area contributed by atoms with E-state index in [1.54, 1.807) is 6.92 Å². The van der Waals surface area contributed by atoms with E-state index in [1.165, 1.54) is 0 Å². The van der Waals surface area contributed by atoms with Gasteiger partial charge in [-0.15, -0.1) is 0 Å². The molecule has 0 aromatic heterocycles. The van der Waals surface area contributed by atoms with Gasteiger partial charge in [-0.25, -0.2) is 0 Å². The van der Waals surface area contributed by atoms with Crippen molar-refractivity contribution < 1.29 is 9.90 Å². The van der Waals surface area contributed by atoms with Gasteiger partial charge in [0, 0.05) is 6.54 Å². The Bertz CT molecular complexity index is 411. The van der Waals surface area contributed by atoms with Crippen LogP contribution >= 0.6 is 0 Å². The number of rotatable bonds is 5. The molecule has 1 saturated carbocycles. The molecule has 0 heterocycles. The van der Waals surface area contributed by atoms with Gasteiger partial charge < -0.3 is 5.11 Å². The highest BCUT2D eigenvalue weighted by molar-refractivity contribution is 5.80. The van der Waals surface area contributed by atoms with Crippen LogP contribution in [0.4, 0.5) is 0 Å². The number of aliphatic carboxylic acids is 1. The second-order valence-corrected chi connectivity index (χ2v) is 5.33. The maximum absolute atomic E-state index is 11.5. The topological polar surface area (TPSA) is 49.3 Å². The third-order valence-electron chi connectivity index (χ3n) is 4.12. The molecule has 3 nitrogen and oxygen atoms in total. The van der Waals surface area contributed by atoms with E-state index in [0.717, 1.165) is 18.4 Å². The van der Waals surface area contributed by atoms with Gasteiger partial charge in [-0.3, -0.25) is 10.1 Å². The summed E-state index contributed by atoms with van der Waals surface area (Å²) in [4.78, 5) is 11.5. The Morgan fingerprint density at radius 3 is 2.47 bits per heavy atom. The van der Waals surface area contributed by atoms with Crippen LogP contribution in [-0.4, -0.2) is 16.6 Å². The molecule has 92 valence electrons. The van der Waals surface area contributed by atoms with Gasteiger partial charge in [-0.1, -0.05) is 37.3 Å². The van der Waals surface area contributed by atoms with E-state index in [4.69, 9.17) is 0 Å². The predicted octanol–water partition coefficient (Wildman–Crippen LogP) is 2.42. The van der Waals surface area contributed by atoms with Gasteiger partial charge in [0.1, 0.15) is 5.54 Å². The highest BCUT2D eigenvalue weighted by atomic mass is 16.4. The van der Waals surface area contributed by atoms with Crippen LogP contribution in [0.5, 0.6) is 0 Å². The van der Waals surface area contributed by atoms with Crippen molar-refractivity contribution in [3.8, 4) is 0 Å². The van der Waals surface area contributed by atoms with E-state index in [-0.39, 0.29) is 5.41 Å². The van der Waals surface area contributed by atoms with Gasteiger partial charge in [0.2, 0.25) is 0 Å². The van der Waals surface area contributed by atoms with Gasteiger partial charge in [0.05, 0.1) is 0 Å². The Morgan fingerprint density at radius 1 is 1.41 bits per heavy atom. The third-order valence-corrected chi connectivity index (χ3v) is 4.12. The molecule has 2 rings (SSSR count). The number of carbonyl (C=O) groups is 1. The number of carboxylic acid groups (broad SMARTS) is 1. The van der Waals surface area contributed by atoms with Gasteiger partial charge >= 0.3 is 5.97 Å². The Hall–Kier alpha value is -1.35. The molecular formula is C14H19NO2. The molecule has 0 saturated heterocycles. The molecule has 1 atom stereocenters. The maximum atomic E-state index is 11.5. The Kier molecular flexibility index (Phi) is 2.96. The molecule has 0 radical (unpaired) electrons. The third kappa shape index (κ3) is 2.20. The van der Waals surface area contributed by atoms with Crippen molar-refractivity contribution in [2.75, 3.05) is 0 Å². The van der Waals surface area contributed by atoms with E-state index in [0.29, 0.717) is 6.54 Å². The summed E-state index contributed by atoms with van der Waals surface area (Å²) < 4.78 is 0. The Labute approximate surface area is 102 Å². The van der Waals surface area contributed by atoms with E-state index < -0.39 is 11.5 Å². The molecule has 1 unspecified atom stereocenters. The summed E-state index contributed by atoms with van der Waals surface area (Å²) in [6.45, 7) is 4.43. The van der Waals surface area contributed by atoms with E-state index in [9.17, 15) is 9.90 Å². The average molecular weight is 233 g/mol. The molecule has 2 N–H and O–H groups in total. The molecule has 17 heavy (non-hydrogen) atoms. The average Bonchev–Trinajstić information content (AvgIpc) is 3.07. The van der Waals surface area contributed by atoms with E-state index in [2.05, 4.69) is 5.32 Å². The van der Waals surface area contributed by atoms with Crippen molar-refractivity contribution in [2.24, 2.45) is 5.41 Å². The fraction of sp³-hybridized carbons (Fsp3) is 0.500. The molecule has 1 fully saturated rings. The van der Waals surface area contributed by atoms with Crippen LogP contribution in [0.3, 0.4) is 0 Å². The first-order chi connectivity index (χ1) is 7.98. The largest absolute Gasteiger partial charge is 0.480 e. The highest BCUT2D eigenvalue weighted by Crippen LogP contribution is 2.53. The Balaban J connectivity index is 2.07. The molecule has 1 aliphatic carbocycles. The van der Waals surface area contributed by atoms with Crippen LogP contribution in [0, 0.1) is 5.41 Å². The monoisotopic (exact) mass is 233 g/mol. The lowest BCUT2D eigenvalue weighted by Crippen LogP contribution is -2.55. The van der Waals surface area contributed by atoms with Crippen molar-refractivity contribution in [2.45, 2.75) is 38.8 Å². The number of hydrogen-bond donors (Lipinski definition) is 2. The highest BCUT2D eigenvalue weighted by Gasteiger charge is 2.57. The molecule has 1 aromatic rings. The van der Waals surface area contributed by atoms with Gasteiger partial charge in [-0.05, 0) is 30.7 Å². The minimum atomic E-state index is -0.831. The first-order valence-corrected chi connectivity index (χ1v) is 6.00. The van der Waals surface area contributed by atoms with Crippen molar-refractivity contribution in [3.63, 3.8) is 0 Å². The summed E-state index contributed by atoms with van der Waals surface area (Å²) in [7, 11) is 0. The second kappa shape index (κ2) is 4.15. The summed E-state index contributed by atoms with van der Waals surface area (Å²) in [5, 5.41) is 12.6. The molecule has 3 heteroatoms. The number of benzene rings is 1. The van der Waals surface area contributed by atoms with Crippen LogP contribution in [0.2, 0.25) is 0 Å². The molecule has 0 spiro atoms. The second-order valence-electron chi connectivity index (χ2n) is 5.33. The summed E-state index contributed by atoms with van der Waals surface area (Å²) in [6, 6.07) is 9.90. The number of carboxylic acids is 1. The van der Waals surface area contributed by atoms with Gasteiger partial charge in [0.15, 0.2) is 0 Å². The van der Waals surface area contributed by atoms with Crippen molar-refractivity contribution in [1.29, 1.82) is 0 Å². The lowest BCUT2D eigenvalue weighted by Gasteiger charge is -2.33. The summed E-state index contributed by atoms with van der Waals surface area (Å²) >= 11 is 0. The zero-order valence-corrected chi connectivity index (χ0v) is 10.4. The zero-order chi connectivity index (χ0) is 12.5. The smallest absolute Gasteiger partial charge is 0.324 e. The minimum Gasteiger partial charge on any atom is -0.480 e. The van der Waals surface area contributed by atoms with E-state index >= 15 is 0 Å². The van der Waals surface area contributed by atoms with Crippen LogP contribution in [0.25, 0.3) is 0 Å². The fourth-order valence-electron chi connectivity index (χ4n) is 2.11. The molecule has 1 aromatic carbocycles. The van der Waals surface area contributed by atoms with Gasteiger partial charge in [-0.2, -0.15) is 0 Å². The summed E-state index contributed by atoms with van der Waals surface area (Å²) in [5.41, 5.74) is 0.181. The quantitative estimate of drug-likeness (QED) is 0.821. The lowest BCUT2D eigenvalue weighted by molar-refractivity contribution is -0.147. The first-order valence-electron chi connectivity index (χ1n) is 6.00. The normalized spacial score (nSPS) is 20.6. The number of nitrogens with one attached hydrogen (secondary N) is 1. The predicted molar refractivity (Wildman–Crippen MR) is 66.7 cm³/mol. The molecule has 0 aliphatic heterocycles. The Morgan fingerprint density at radius 2 is 2.00 bits per heavy atom. The van der Waals surface area contributed by atoms with Crippen LogP contribution in [-0.2, 0) is 11.3 Å². The molecule has 0 bridgehead atoms. The van der Waals surface area contributed by atoms with Crippen molar-refractivity contribution in [3.05, 3.63) is 35.9 Å². The first kappa shape index (κ1) is 12.1.